The van der Waals surface area contributed by atoms with Crippen molar-refractivity contribution in [3.05, 3.63) is 50.6 Å². The summed E-state index contributed by atoms with van der Waals surface area (Å²) in [6, 6.07) is 10.7. The van der Waals surface area contributed by atoms with Crippen LogP contribution in [0.1, 0.15) is 32.9 Å². The van der Waals surface area contributed by atoms with Crippen LogP contribution in [0, 0.1) is 0 Å². The van der Waals surface area contributed by atoms with E-state index in [1.165, 1.54) is 11.3 Å². The monoisotopic (exact) mass is 378 g/mol. The van der Waals surface area contributed by atoms with E-state index in [4.69, 9.17) is 0 Å². The second-order valence-electron chi connectivity index (χ2n) is 5.14. The minimum atomic E-state index is -0.165. The molecule has 1 aliphatic rings. The van der Waals surface area contributed by atoms with Gasteiger partial charge < -0.3 is 10.2 Å². The lowest BCUT2D eigenvalue weighted by molar-refractivity contribution is 0.0792. The van der Waals surface area contributed by atoms with Crippen molar-refractivity contribution in [2.24, 2.45) is 0 Å². The van der Waals surface area contributed by atoms with E-state index in [0.717, 1.165) is 29.7 Å². The highest BCUT2D eigenvalue weighted by Gasteiger charge is 2.19. The Hall–Kier alpha value is -1.66. The van der Waals surface area contributed by atoms with Gasteiger partial charge in [-0.3, -0.25) is 9.59 Å². The first-order valence-corrected chi connectivity index (χ1v) is 8.70. The van der Waals surface area contributed by atoms with Gasteiger partial charge in [0.1, 0.15) is 0 Å². The highest BCUT2D eigenvalue weighted by molar-refractivity contribution is 9.11. The highest BCUT2D eigenvalue weighted by Crippen LogP contribution is 2.23. The summed E-state index contributed by atoms with van der Waals surface area (Å²) < 4.78 is 0.913. The first-order chi connectivity index (χ1) is 10.6. The molecule has 1 aliphatic heterocycles. The summed E-state index contributed by atoms with van der Waals surface area (Å²) in [7, 11) is 0. The molecule has 2 aromatic rings. The molecule has 4 nitrogen and oxygen atoms in total. The molecular formula is C16H15BrN2O2S. The molecule has 0 atom stereocenters. The van der Waals surface area contributed by atoms with Crippen LogP contribution in [0.25, 0.3) is 0 Å². The van der Waals surface area contributed by atoms with Crippen LogP contribution in [0.2, 0.25) is 0 Å². The summed E-state index contributed by atoms with van der Waals surface area (Å²) in [5.74, 6) is -0.131. The maximum atomic E-state index is 12.4. The molecule has 0 aliphatic carbocycles. The Morgan fingerprint density at radius 3 is 2.59 bits per heavy atom. The lowest BCUT2D eigenvalue weighted by Crippen LogP contribution is -2.27. The number of likely N-dealkylation sites (tertiary alicyclic amines) is 1. The fourth-order valence-electron chi connectivity index (χ4n) is 2.46. The van der Waals surface area contributed by atoms with Gasteiger partial charge in [0, 0.05) is 24.3 Å². The maximum Gasteiger partial charge on any atom is 0.265 e. The molecule has 1 aromatic carbocycles. The van der Waals surface area contributed by atoms with Crippen molar-refractivity contribution in [3.8, 4) is 0 Å². The third-order valence-corrected chi connectivity index (χ3v) is 5.18. The van der Waals surface area contributed by atoms with Gasteiger partial charge in [0.15, 0.2) is 0 Å². The molecular weight excluding hydrogens is 364 g/mol. The normalized spacial score (nSPS) is 14.1. The molecule has 2 heterocycles. The molecule has 6 heteroatoms. The zero-order chi connectivity index (χ0) is 15.5. The summed E-state index contributed by atoms with van der Waals surface area (Å²) in [4.78, 5) is 27.0. The highest BCUT2D eigenvalue weighted by atomic mass is 79.9. The standard InChI is InChI=1S/C16H15BrN2O2S/c17-14-7-6-13(22-14)15(20)18-12-5-3-4-11(10-12)16(21)19-8-1-2-9-19/h3-7,10H,1-2,8-9H2,(H,18,20). The van der Waals surface area contributed by atoms with Crippen molar-refractivity contribution in [1.29, 1.82) is 0 Å². The lowest BCUT2D eigenvalue weighted by atomic mass is 10.1. The van der Waals surface area contributed by atoms with Gasteiger partial charge in [-0.15, -0.1) is 11.3 Å². The number of rotatable bonds is 3. The number of thiophene rings is 1. The number of amides is 2. The molecule has 1 saturated heterocycles. The van der Waals surface area contributed by atoms with E-state index in [1.54, 1.807) is 30.3 Å². The molecule has 1 aromatic heterocycles. The second-order valence-corrected chi connectivity index (χ2v) is 7.60. The molecule has 0 unspecified atom stereocenters. The van der Waals surface area contributed by atoms with Crippen molar-refractivity contribution in [1.82, 2.24) is 4.90 Å². The van der Waals surface area contributed by atoms with Gasteiger partial charge >= 0.3 is 0 Å². The molecule has 2 amide bonds. The van der Waals surface area contributed by atoms with Crippen LogP contribution in [-0.4, -0.2) is 29.8 Å². The van der Waals surface area contributed by atoms with Crippen LogP contribution in [-0.2, 0) is 0 Å². The molecule has 1 fully saturated rings. The van der Waals surface area contributed by atoms with E-state index >= 15 is 0 Å². The van der Waals surface area contributed by atoms with E-state index in [0.29, 0.717) is 16.1 Å². The minimum Gasteiger partial charge on any atom is -0.339 e. The first kappa shape index (κ1) is 15.2. The average molecular weight is 379 g/mol. The van der Waals surface area contributed by atoms with Crippen LogP contribution < -0.4 is 5.32 Å². The zero-order valence-electron chi connectivity index (χ0n) is 11.8. The number of hydrogen-bond donors (Lipinski definition) is 1. The van der Waals surface area contributed by atoms with E-state index in [9.17, 15) is 9.59 Å². The molecule has 114 valence electrons. The average Bonchev–Trinajstić information content (AvgIpc) is 3.18. The number of anilines is 1. The smallest absolute Gasteiger partial charge is 0.265 e. The second kappa shape index (κ2) is 6.62. The van der Waals surface area contributed by atoms with Crippen molar-refractivity contribution in [2.45, 2.75) is 12.8 Å². The number of benzene rings is 1. The molecule has 0 saturated carbocycles. The Kier molecular flexibility index (Phi) is 4.59. The largest absolute Gasteiger partial charge is 0.339 e. The van der Waals surface area contributed by atoms with E-state index < -0.39 is 0 Å². The first-order valence-electron chi connectivity index (χ1n) is 7.09. The Morgan fingerprint density at radius 2 is 1.91 bits per heavy atom. The Bertz CT molecular complexity index is 708. The summed E-state index contributed by atoms with van der Waals surface area (Å²) >= 11 is 4.72. The maximum absolute atomic E-state index is 12.4. The van der Waals surface area contributed by atoms with Gasteiger partial charge in [0.05, 0.1) is 8.66 Å². The van der Waals surface area contributed by atoms with Crippen molar-refractivity contribution < 1.29 is 9.59 Å². The van der Waals surface area contributed by atoms with Crippen LogP contribution in [0.3, 0.4) is 0 Å². The number of carbonyl (C=O) groups is 2. The Balaban J connectivity index is 1.73. The van der Waals surface area contributed by atoms with Gasteiger partial charge in [-0.2, -0.15) is 0 Å². The van der Waals surface area contributed by atoms with Crippen LogP contribution >= 0.6 is 27.3 Å². The Labute approximate surface area is 141 Å². The number of nitrogens with one attached hydrogen (secondary N) is 1. The number of hydrogen-bond acceptors (Lipinski definition) is 3. The van der Waals surface area contributed by atoms with Gasteiger partial charge in [-0.05, 0) is 59.1 Å². The zero-order valence-corrected chi connectivity index (χ0v) is 14.2. The van der Waals surface area contributed by atoms with E-state index in [1.807, 2.05) is 11.0 Å². The molecule has 0 bridgehead atoms. The SMILES string of the molecule is O=C(Nc1cccc(C(=O)N2CCCC2)c1)c1ccc(Br)s1. The predicted octanol–water partition coefficient (Wildman–Crippen LogP) is 4.00. The molecule has 1 N–H and O–H groups in total. The van der Waals surface area contributed by atoms with E-state index in [2.05, 4.69) is 21.2 Å². The number of halogens is 1. The molecule has 0 spiro atoms. The van der Waals surface area contributed by atoms with Crippen LogP contribution in [0.4, 0.5) is 5.69 Å². The van der Waals surface area contributed by atoms with Gasteiger partial charge in [0.2, 0.25) is 0 Å². The Morgan fingerprint density at radius 1 is 1.14 bits per heavy atom. The summed E-state index contributed by atoms with van der Waals surface area (Å²) in [6.07, 6.45) is 2.13. The fourth-order valence-corrected chi connectivity index (χ4v) is 3.74. The van der Waals surface area contributed by atoms with Crippen molar-refractivity contribution in [2.75, 3.05) is 18.4 Å². The third kappa shape index (κ3) is 3.39. The summed E-state index contributed by atoms with van der Waals surface area (Å²) in [5, 5.41) is 2.84. The lowest BCUT2D eigenvalue weighted by Gasteiger charge is -2.15. The van der Waals surface area contributed by atoms with Crippen molar-refractivity contribution in [3.63, 3.8) is 0 Å². The summed E-state index contributed by atoms with van der Waals surface area (Å²) in [6.45, 7) is 1.64. The predicted molar refractivity (Wildman–Crippen MR) is 91.6 cm³/mol. The van der Waals surface area contributed by atoms with E-state index in [-0.39, 0.29) is 11.8 Å². The van der Waals surface area contributed by atoms with Gasteiger partial charge in [0.25, 0.3) is 11.8 Å². The van der Waals surface area contributed by atoms with Gasteiger partial charge in [-0.1, -0.05) is 6.07 Å². The molecule has 22 heavy (non-hydrogen) atoms. The molecule has 0 radical (unpaired) electrons. The minimum absolute atomic E-state index is 0.0347. The van der Waals surface area contributed by atoms with Crippen LogP contribution in [0.15, 0.2) is 40.2 Å². The van der Waals surface area contributed by atoms with Crippen LogP contribution in [0.5, 0.6) is 0 Å². The number of nitrogens with zero attached hydrogens (tertiary/aromatic N) is 1. The van der Waals surface area contributed by atoms with Crippen molar-refractivity contribution >= 4 is 44.8 Å². The number of carbonyl (C=O) groups excluding carboxylic acids is 2. The topological polar surface area (TPSA) is 49.4 Å². The molecule has 3 rings (SSSR count). The quantitative estimate of drug-likeness (QED) is 0.877. The van der Waals surface area contributed by atoms with Gasteiger partial charge in [-0.25, -0.2) is 0 Å². The third-order valence-electron chi connectivity index (χ3n) is 3.56. The summed E-state index contributed by atoms with van der Waals surface area (Å²) in [5.41, 5.74) is 1.26. The fraction of sp³-hybridized carbons (Fsp3) is 0.250.